The number of hydrogen-bond acceptors (Lipinski definition) is 6. The fourth-order valence-electron chi connectivity index (χ4n) is 6.25. The van der Waals surface area contributed by atoms with Crippen LogP contribution in [0.1, 0.15) is 59.9 Å². The zero-order valence-corrected chi connectivity index (χ0v) is 24.5. The minimum Gasteiger partial charge on any atom is -0.381 e. The van der Waals surface area contributed by atoms with Crippen LogP contribution in [-0.4, -0.2) is 46.8 Å². The lowest BCUT2D eigenvalue weighted by molar-refractivity contribution is -0.110. The molecule has 6 rings (SSSR count). The molecule has 9 nitrogen and oxygen atoms in total. The highest BCUT2D eigenvalue weighted by Gasteiger charge is 2.42. The number of fused-ring (bicyclic) bond motifs is 1. The Hall–Kier alpha value is -4.66. The molecule has 216 valence electrons. The molecular formula is C33H35N5O4. The maximum absolute atomic E-state index is 13.7. The second-order valence-corrected chi connectivity index (χ2v) is 11.2. The molecule has 2 N–H and O–H groups in total. The Balaban J connectivity index is 1.34. The summed E-state index contributed by atoms with van der Waals surface area (Å²) in [6, 6.07) is 12.9. The molecule has 2 atom stereocenters. The Kier molecular flexibility index (Phi) is 6.96. The van der Waals surface area contributed by atoms with Gasteiger partial charge in [0.25, 0.3) is 17.4 Å². The van der Waals surface area contributed by atoms with E-state index in [1.807, 2.05) is 19.9 Å². The van der Waals surface area contributed by atoms with Crippen LogP contribution in [0, 0.1) is 12.8 Å². The van der Waals surface area contributed by atoms with E-state index in [2.05, 4.69) is 46.7 Å². The lowest BCUT2D eigenvalue weighted by Crippen LogP contribution is -2.46. The molecule has 3 aliphatic rings. The summed E-state index contributed by atoms with van der Waals surface area (Å²) in [7, 11) is 3.20. The summed E-state index contributed by atoms with van der Waals surface area (Å²) < 4.78 is 6.83. The monoisotopic (exact) mass is 565 g/mol. The molecule has 0 saturated heterocycles. The number of anilines is 1. The van der Waals surface area contributed by atoms with Gasteiger partial charge >= 0.3 is 0 Å². The van der Waals surface area contributed by atoms with Crippen molar-refractivity contribution in [3.05, 3.63) is 93.1 Å². The van der Waals surface area contributed by atoms with E-state index < -0.39 is 0 Å². The lowest BCUT2D eigenvalue weighted by Gasteiger charge is -2.34. The standard InChI is InChI=1S/C33H35N5O4/c1-6-38-27(25-13-12-21(16-26(25)20-10-11-20)28-19(3)42-37(5)33(28)41)17-23-14-18(2)35-29(30(23)38)32(40)36-24-9-7-8-22(15-24)31(39)34-4/h7-9,12-17,20,23,30H,6,10-11H2,1-5H3,(H,34,39)(H,36,40). The van der Waals surface area contributed by atoms with Crippen molar-refractivity contribution in [1.29, 1.82) is 0 Å². The van der Waals surface area contributed by atoms with Gasteiger partial charge in [-0.2, -0.15) is 4.74 Å². The molecule has 0 bridgehead atoms. The predicted octanol–water partition coefficient (Wildman–Crippen LogP) is 4.85. The highest BCUT2D eigenvalue weighted by Crippen LogP contribution is 2.47. The fraction of sp³-hybridized carbons (Fsp3) is 0.333. The highest BCUT2D eigenvalue weighted by atomic mass is 16.5. The van der Waals surface area contributed by atoms with E-state index in [1.165, 1.54) is 10.3 Å². The molecule has 2 aromatic carbocycles. The average molecular weight is 566 g/mol. The molecule has 0 spiro atoms. The van der Waals surface area contributed by atoms with Crippen LogP contribution in [0.25, 0.3) is 16.8 Å². The van der Waals surface area contributed by atoms with Gasteiger partial charge in [0, 0.05) is 54.8 Å². The number of aromatic nitrogens is 1. The van der Waals surface area contributed by atoms with Crippen molar-refractivity contribution in [2.24, 2.45) is 18.0 Å². The number of hydrogen-bond donors (Lipinski definition) is 2. The zero-order chi connectivity index (χ0) is 29.7. The fourth-order valence-corrected chi connectivity index (χ4v) is 6.25. The first-order chi connectivity index (χ1) is 20.2. The molecule has 0 radical (unpaired) electrons. The van der Waals surface area contributed by atoms with Gasteiger partial charge in [-0.05, 0) is 74.9 Å². The molecule has 3 heterocycles. The molecule has 1 saturated carbocycles. The Bertz CT molecular complexity index is 1750. The van der Waals surface area contributed by atoms with Crippen molar-refractivity contribution in [2.75, 3.05) is 18.9 Å². The van der Waals surface area contributed by atoms with E-state index in [1.54, 1.807) is 38.4 Å². The first-order valence-electron chi connectivity index (χ1n) is 14.4. The number of aryl methyl sites for hydroxylation is 2. The average Bonchev–Trinajstić information content (AvgIpc) is 3.71. The van der Waals surface area contributed by atoms with Gasteiger partial charge in [-0.25, -0.2) is 0 Å². The molecule has 2 unspecified atom stereocenters. The molecule has 1 aliphatic carbocycles. The largest absolute Gasteiger partial charge is 0.381 e. The zero-order valence-electron chi connectivity index (χ0n) is 24.5. The van der Waals surface area contributed by atoms with Crippen molar-refractivity contribution in [2.45, 2.75) is 45.6 Å². The highest BCUT2D eigenvalue weighted by molar-refractivity contribution is 6.45. The van der Waals surface area contributed by atoms with Crippen molar-refractivity contribution < 1.29 is 14.1 Å². The van der Waals surface area contributed by atoms with E-state index in [4.69, 9.17) is 9.52 Å². The van der Waals surface area contributed by atoms with E-state index in [0.717, 1.165) is 35.4 Å². The second kappa shape index (κ2) is 10.6. The summed E-state index contributed by atoms with van der Waals surface area (Å²) in [4.78, 5) is 45.6. The smallest absolute Gasteiger partial charge is 0.290 e. The molecule has 1 fully saturated rings. The maximum atomic E-state index is 13.7. The molecule has 2 amide bonds. The molecule has 9 heteroatoms. The molecule has 42 heavy (non-hydrogen) atoms. The van der Waals surface area contributed by atoms with Crippen LogP contribution in [0.15, 0.2) is 74.6 Å². The number of rotatable bonds is 7. The van der Waals surface area contributed by atoms with Crippen LogP contribution in [0.2, 0.25) is 0 Å². The number of aliphatic imine (C=N–C) groups is 1. The number of allylic oxidation sites excluding steroid dienone is 1. The van der Waals surface area contributed by atoms with Gasteiger partial charge in [-0.15, -0.1) is 0 Å². The van der Waals surface area contributed by atoms with Gasteiger partial charge in [0.2, 0.25) is 0 Å². The van der Waals surface area contributed by atoms with Crippen LogP contribution in [-0.2, 0) is 11.8 Å². The van der Waals surface area contributed by atoms with E-state index in [0.29, 0.717) is 40.7 Å². The Morgan fingerprint density at radius 3 is 2.52 bits per heavy atom. The first-order valence-corrected chi connectivity index (χ1v) is 14.4. The molecule has 3 aromatic rings. The van der Waals surface area contributed by atoms with E-state index in [9.17, 15) is 14.4 Å². The third-order valence-electron chi connectivity index (χ3n) is 8.31. The number of carbonyl (C=O) groups is 2. The van der Waals surface area contributed by atoms with E-state index in [-0.39, 0.29) is 29.3 Å². The van der Waals surface area contributed by atoms with Gasteiger partial charge in [0.15, 0.2) is 0 Å². The molecule has 1 aromatic heterocycles. The SMILES string of the molecule is CCN1C(c2ccc(-c3c(C)on(C)c3=O)cc2C2CC2)=CC2C=C(C)N=C(C(=O)Nc3cccc(C(=O)NC)c3)C21. The maximum Gasteiger partial charge on any atom is 0.290 e. The first kappa shape index (κ1) is 27.5. The van der Waals surface area contributed by atoms with Crippen molar-refractivity contribution in [1.82, 2.24) is 15.0 Å². The van der Waals surface area contributed by atoms with Gasteiger partial charge in [-0.1, -0.05) is 30.4 Å². The normalized spacial score (nSPS) is 19.5. The van der Waals surface area contributed by atoms with Crippen LogP contribution in [0.3, 0.4) is 0 Å². The number of benzene rings is 2. The Labute approximate surface area is 244 Å². The summed E-state index contributed by atoms with van der Waals surface area (Å²) in [6.07, 6.45) is 6.57. The number of carbonyl (C=O) groups excluding carboxylic acids is 2. The summed E-state index contributed by atoms with van der Waals surface area (Å²) >= 11 is 0. The minimum absolute atomic E-state index is 0.0226. The number of amides is 2. The lowest BCUT2D eigenvalue weighted by atomic mass is 9.92. The minimum atomic E-state index is -0.288. The Morgan fingerprint density at radius 1 is 1.07 bits per heavy atom. The quantitative estimate of drug-likeness (QED) is 0.426. The number of nitrogens with one attached hydrogen (secondary N) is 2. The van der Waals surface area contributed by atoms with Crippen LogP contribution in [0.5, 0.6) is 0 Å². The predicted molar refractivity (Wildman–Crippen MR) is 163 cm³/mol. The van der Waals surface area contributed by atoms with E-state index >= 15 is 0 Å². The van der Waals surface area contributed by atoms with Crippen LogP contribution in [0.4, 0.5) is 5.69 Å². The van der Waals surface area contributed by atoms with Gasteiger partial charge < -0.3 is 20.1 Å². The van der Waals surface area contributed by atoms with Gasteiger partial charge in [0.05, 0.1) is 11.6 Å². The second-order valence-electron chi connectivity index (χ2n) is 11.2. The van der Waals surface area contributed by atoms with Crippen molar-refractivity contribution in [3.8, 4) is 11.1 Å². The third-order valence-corrected chi connectivity index (χ3v) is 8.31. The summed E-state index contributed by atoms with van der Waals surface area (Å²) in [5.74, 6) is 0.503. The summed E-state index contributed by atoms with van der Waals surface area (Å²) in [6.45, 7) is 6.51. The van der Waals surface area contributed by atoms with Crippen molar-refractivity contribution >= 4 is 28.9 Å². The summed E-state index contributed by atoms with van der Waals surface area (Å²) in [5.41, 5.74) is 6.97. The number of nitrogens with zero attached hydrogens (tertiary/aromatic N) is 3. The Morgan fingerprint density at radius 2 is 1.86 bits per heavy atom. The van der Waals surface area contributed by atoms with Crippen molar-refractivity contribution in [3.63, 3.8) is 0 Å². The van der Waals surface area contributed by atoms with Crippen LogP contribution < -0.4 is 16.2 Å². The molecular weight excluding hydrogens is 530 g/mol. The van der Waals surface area contributed by atoms with Crippen LogP contribution >= 0.6 is 0 Å². The summed E-state index contributed by atoms with van der Waals surface area (Å²) in [5, 5.41) is 5.59. The van der Waals surface area contributed by atoms with Gasteiger partial charge in [0.1, 0.15) is 11.5 Å². The third kappa shape index (κ3) is 4.78. The van der Waals surface area contributed by atoms with Gasteiger partial charge in [-0.3, -0.25) is 19.4 Å². The molecule has 2 aliphatic heterocycles. The topological polar surface area (TPSA) is 109 Å².